The second-order valence-electron chi connectivity index (χ2n) is 2.76. The van der Waals surface area contributed by atoms with Gasteiger partial charge in [-0.05, 0) is 18.1 Å². The van der Waals surface area contributed by atoms with Gasteiger partial charge in [0.05, 0.1) is 0 Å². The van der Waals surface area contributed by atoms with E-state index in [2.05, 4.69) is 5.92 Å². The Labute approximate surface area is 80.8 Å². The van der Waals surface area contributed by atoms with Crippen molar-refractivity contribution >= 4 is 0 Å². The maximum absolute atomic E-state index is 11.8. The molecule has 0 bridgehead atoms. The molecule has 0 aliphatic rings. The molecule has 0 saturated carbocycles. The van der Waals surface area contributed by atoms with E-state index in [0.717, 1.165) is 5.56 Å². The molecule has 3 heteroatoms. The molecular weight excluding hydrogens is 189 g/mol. The van der Waals surface area contributed by atoms with Gasteiger partial charge in [0.2, 0.25) is 0 Å². The molecule has 1 rings (SSSR count). The molecule has 0 nitrogen and oxygen atoms in total. The second-order valence-corrected chi connectivity index (χ2v) is 2.76. The van der Waals surface area contributed by atoms with Crippen LogP contribution in [0.3, 0.4) is 0 Å². The van der Waals surface area contributed by atoms with Crippen molar-refractivity contribution in [2.75, 3.05) is 0 Å². The fraction of sp³-hybridized carbons (Fsp3) is 0.273. The van der Waals surface area contributed by atoms with E-state index in [1.54, 1.807) is 24.3 Å². The highest BCUT2D eigenvalue weighted by atomic mass is 19.4. The van der Waals surface area contributed by atoms with E-state index in [-0.39, 0.29) is 0 Å². The van der Waals surface area contributed by atoms with Crippen molar-refractivity contribution in [1.29, 1.82) is 0 Å². The van der Waals surface area contributed by atoms with Gasteiger partial charge in [-0.2, -0.15) is 13.2 Å². The molecule has 0 fully saturated rings. The molecule has 0 heterocycles. The number of rotatable bonds is 1. The van der Waals surface area contributed by atoms with Crippen molar-refractivity contribution in [3.8, 4) is 11.8 Å². The Morgan fingerprint density at radius 1 is 1.21 bits per heavy atom. The third-order valence-electron chi connectivity index (χ3n) is 1.74. The molecule has 1 aromatic rings. The van der Waals surface area contributed by atoms with Crippen LogP contribution >= 0.6 is 0 Å². The number of halogens is 3. The summed E-state index contributed by atoms with van der Waals surface area (Å²) in [6.45, 7) is 1.88. The van der Waals surface area contributed by atoms with Crippen LogP contribution in [0.5, 0.6) is 0 Å². The van der Waals surface area contributed by atoms with Gasteiger partial charge in [0.1, 0.15) is 0 Å². The number of hydrogen-bond acceptors (Lipinski definition) is 0. The molecule has 0 aliphatic heterocycles. The maximum atomic E-state index is 11.8. The summed E-state index contributed by atoms with van der Waals surface area (Å²) in [6.07, 6.45) is -3.73. The van der Waals surface area contributed by atoms with E-state index >= 15 is 0 Å². The van der Waals surface area contributed by atoms with Crippen LogP contribution < -0.4 is 0 Å². The van der Waals surface area contributed by atoms with Crippen LogP contribution in [-0.4, -0.2) is 6.18 Å². The van der Waals surface area contributed by atoms with Gasteiger partial charge in [0.25, 0.3) is 0 Å². The van der Waals surface area contributed by atoms with E-state index in [9.17, 15) is 13.2 Å². The minimum atomic E-state index is -4.42. The first-order valence-electron chi connectivity index (χ1n) is 4.20. The van der Waals surface area contributed by atoms with Crippen molar-refractivity contribution in [3.05, 3.63) is 35.4 Å². The van der Waals surface area contributed by atoms with E-state index < -0.39 is 6.18 Å². The summed E-state index contributed by atoms with van der Waals surface area (Å²) in [7, 11) is 0. The average Bonchev–Trinajstić information content (AvgIpc) is 2.14. The molecule has 0 aliphatic carbocycles. The van der Waals surface area contributed by atoms with Crippen LogP contribution in [0.1, 0.15) is 18.1 Å². The minimum Gasteiger partial charge on any atom is -0.159 e. The molecule has 0 saturated heterocycles. The van der Waals surface area contributed by atoms with Crippen molar-refractivity contribution < 1.29 is 13.2 Å². The normalized spacial score (nSPS) is 10.6. The molecule has 0 N–H and O–H groups in total. The molecule has 0 atom stereocenters. The summed E-state index contributed by atoms with van der Waals surface area (Å²) in [5.41, 5.74) is 1.29. The van der Waals surface area contributed by atoms with E-state index in [4.69, 9.17) is 0 Å². The molecule has 0 unspecified atom stereocenters. The van der Waals surface area contributed by atoms with E-state index in [1.807, 2.05) is 6.92 Å². The van der Waals surface area contributed by atoms with Gasteiger partial charge in [0, 0.05) is 11.5 Å². The van der Waals surface area contributed by atoms with Crippen LogP contribution in [0.2, 0.25) is 0 Å². The number of alkyl halides is 3. The zero-order valence-electron chi connectivity index (χ0n) is 7.65. The molecule has 14 heavy (non-hydrogen) atoms. The van der Waals surface area contributed by atoms with Crippen LogP contribution in [-0.2, 0) is 6.42 Å². The lowest BCUT2D eigenvalue weighted by atomic mass is 10.1. The fourth-order valence-electron chi connectivity index (χ4n) is 1.09. The van der Waals surface area contributed by atoms with Crippen molar-refractivity contribution in [3.63, 3.8) is 0 Å². The summed E-state index contributed by atoms with van der Waals surface area (Å²) in [5, 5.41) is 0. The van der Waals surface area contributed by atoms with Gasteiger partial charge >= 0.3 is 6.18 Å². The van der Waals surface area contributed by atoms with Gasteiger partial charge in [-0.3, -0.25) is 0 Å². The van der Waals surface area contributed by atoms with Crippen molar-refractivity contribution in [2.24, 2.45) is 0 Å². The molecule has 0 spiro atoms. The third-order valence-corrected chi connectivity index (χ3v) is 1.74. The summed E-state index contributed by atoms with van der Waals surface area (Å²) < 4.78 is 35.4. The number of benzene rings is 1. The number of hydrogen-bond donors (Lipinski definition) is 0. The van der Waals surface area contributed by atoms with E-state index in [0.29, 0.717) is 12.0 Å². The Balaban J connectivity index is 3.00. The Bertz CT molecular complexity index is 366. The standard InChI is InChI=1S/C11H9F3/c1-2-9-5-3-4-6-10(9)7-8-11(12,13)14/h3-6H,2H2,1H3. The predicted molar refractivity (Wildman–Crippen MR) is 48.8 cm³/mol. The predicted octanol–water partition coefficient (Wildman–Crippen LogP) is 3.16. The van der Waals surface area contributed by atoms with Crippen molar-refractivity contribution in [2.45, 2.75) is 19.5 Å². The lowest BCUT2D eigenvalue weighted by molar-refractivity contribution is -0.0696. The second kappa shape index (κ2) is 4.19. The molecule has 74 valence electrons. The maximum Gasteiger partial charge on any atom is 0.458 e. The molecular formula is C11H9F3. The van der Waals surface area contributed by atoms with Gasteiger partial charge in [-0.25, -0.2) is 0 Å². The van der Waals surface area contributed by atoms with Crippen molar-refractivity contribution in [1.82, 2.24) is 0 Å². The lowest BCUT2D eigenvalue weighted by Crippen LogP contribution is -2.01. The molecule has 0 aromatic heterocycles. The summed E-state index contributed by atoms with van der Waals surface area (Å²) in [5.74, 6) is 3.39. The van der Waals surface area contributed by atoms with Crippen LogP contribution in [0.4, 0.5) is 13.2 Å². The first kappa shape index (κ1) is 10.6. The smallest absolute Gasteiger partial charge is 0.159 e. The first-order valence-corrected chi connectivity index (χ1v) is 4.20. The SMILES string of the molecule is CCc1ccccc1C#CC(F)(F)F. The highest BCUT2D eigenvalue weighted by Gasteiger charge is 2.22. The summed E-state index contributed by atoms with van der Waals surface area (Å²) in [6, 6.07) is 6.84. The largest absolute Gasteiger partial charge is 0.458 e. The fourth-order valence-corrected chi connectivity index (χ4v) is 1.09. The highest BCUT2D eigenvalue weighted by Crippen LogP contribution is 2.14. The zero-order valence-corrected chi connectivity index (χ0v) is 7.65. The van der Waals surface area contributed by atoms with Gasteiger partial charge in [-0.15, -0.1) is 0 Å². The third kappa shape index (κ3) is 3.14. The summed E-state index contributed by atoms with van der Waals surface area (Å²) in [4.78, 5) is 0. The Morgan fingerprint density at radius 2 is 1.86 bits per heavy atom. The quantitative estimate of drug-likeness (QED) is 0.608. The molecule has 0 amide bonds. The van der Waals surface area contributed by atoms with Gasteiger partial charge in [0.15, 0.2) is 0 Å². The summed E-state index contributed by atoms with van der Waals surface area (Å²) >= 11 is 0. The topological polar surface area (TPSA) is 0 Å². The van der Waals surface area contributed by atoms with Gasteiger partial charge in [-0.1, -0.05) is 31.0 Å². The van der Waals surface area contributed by atoms with Crippen LogP contribution in [0.25, 0.3) is 0 Å². The van der Waals surface area contributed by atoms with Crippen LogP contribution in [0, 0.1) is 11.8 Å². The Kier molecular flexibility index (Phi) is 3.19. The molecule has 1 aromatic carbocycles. The van der Waals surface area contributed by atoms with Crippen LogP contribution in [0.15, 0.2) is 24.3 Å². The first-order chi connectivity index (χ1) is 6.53. The Hall–Kier alpha value is -1.43. The average molecular weight is 198 g/mol. The zero-order chi connectivity index (χ0) is 10.6. The van der Waals surface area contributed by atoms with E-state index in [1.165, 1.54) is 5.92 Å². The molecule has 0 radical (unpaired) electrons. The highest BCUT2D eigenvalue weighted by molar-refractivity contribution is 5.41. The monoisotopic (exact) mass is 198 g/mol. The van der Waals surface area contributed by atoms with Gasteiger partial charge < -0.3 is 0 Å². The minimum absolute atomic E-state index is 0.451. The lowest BCUT2D eigenvalue weighted by Gasteiger charge is -1.99. The Morgan fingerprint density at radius 3 is 2.43 bits per heavy atom. The number of aryl methyl sites for hydroxylation is 1.